The van der Waals surface area contributed by atoms with Crippen LogP contribution in [0, 0.1) is 0 Å². The van der Waals surface area contributed by atoms with Crippen LogP contribution in [0.25, 0.3) is 0 Å². The smallest absolute Gasteiger partial charge is 0.147 e. The first-order valence-corrected chi connectivity index (χ1v) is 4.52. The number of aromatic nitrogens is 1. The van der Waals surface area contributed by atoms with Gasteiger partial charge in [0.25, 0.3) is 0 Å². The summed E-state index contributed by atoms with van der Waals surface area (Å²) in [6.45, 7) is 6.51. The molecule has 0 saturated heterocycles. The van der Waals surface area contributed by atoms with Crippen molar-refractivity contribution in [1.82, 2.24) is 5.16 Å². The second-order valence-electron chi connectivity index (χ2n) is 2.87. The Hall–Kier alpha value is -0.990. The summed E-state index contributed by atoms with van der Waals surface area (Å²) in [5, 5.41) is 3.69. The standard InChI is InChI=1S/C9H16N2O/c1-3-5-11(6-4-2)9-7-10-12-8-9/h7-8H,3-6H2,1-2H3. The van der Waals surface area contributed by atoms with Gasteiger partial charge in [0, 0.05) is 13.1 Å². The van der Waals surface area contributed by atoms with Crippen molar-refractivity contribution >= 4 is 5.69 Å². The summed E-state index contributed by atoms with van der Waals surface area (Å²) in [5.74, 6) is 0. The zero-order valence-electron chi connectivity index (χ0n) is 7.79. The minimum Gasteiger partial charge on any atom is -0.368 e. The minimum absolute atomic E-state index is 1.08. The normalized spacial score (nSPS) is 10.2. The van der Waals surface area contributed by atoms with E-state index in [0.29, 0.717) is 0 Å². The van der Waals surface area contributed by atoms with Crippen LogP contribution < -0.4 is 4.90 Å². The topological polar surface area (TPSA) is 29.3 Å². The lowest BCUT2D eigenvalue weighted by Crippen LogP contribution is -2.24. The summed E-state index contributed by atoms with van der Waals surface area (Å²) >= 11 is 0. The maximum absolute atomic E-state index is 4.80. The van der Waals surface area contributed by atoms with Crippen LogP contribution in [-0.4, -0.2) is 18.2 Å². The molecule has 1 aromatic heterocycles. The minimum atomic E-state index is 1.08. The maximum Gasteiger partial charge on any atom is 0.147 e. The quantitative estimate of drug-likeness (QED) is 0.675. The van der Waals surface area contributed by atoms with Crippen molar-refractivity contribution in [1.29, 1.82) is 0 Å². The molecule has 0 unspecified atom stereocenters. The SMILES string of the molecule is CCCN(CCC)c1cnoc1. The number of hydrogen-bond donors (Lipinski definition) is 0. The van der Waals surface area contributed by atoms with Gasteiger partial charge in [-0.3, -0.25) is 0 Å². The first-order valence-electron chi connectivity index (χ1n) is 4.52. The molecule has 3 heteroatoms. The molecule has 0 aliphatic rings. The fourth-order valence-corrected chi connectivity index (χ4v) is 1.27. The van der Waals surface area contributed by atoms with Crippen molar-refractivity contribution in [2.45, 2.75) is 26.7 Å². The van der Waals surface area contributed by atoms with Crippen LogP contribution in [0.5, 0.6) is 0 Å². The summed E-state index contributed by atoms with van der Waals surface area (Å²) in [4.78, 5) is 2.29. The van der Waals surface area contributed by atoms with Crippen LogP contribution in [0.3, 0.4) is 0 Å². The van der Waals surface area contributed by atoms with E-state index in [1.54, 1.807) is 12.5 Å². The van der Waals surface area contributed by atoms with Crippen LogP contribution in [0.15, 0.2) is 17.0 Å². The molecule has 1 aromatic rings. The predicted octanol–water partition coefficient (Wildman–Crippen LogP) is 2.30. The first kappa shape index (κ1) is 9.10. The molecule has 0 N–H and O–H groups in total. The second kappa shape index (κ2) is 4.80. The monoisotopic (exact) mass is 168 g/mol. The van der Waals surface area contributed by atoms with E-state index >= 15 is 0 Å². The Morgan fingerprint density at radius 2 is 2.00 bits per heavy atom. The van der Waals surface area contributed by atoms with Gasteiger partial charge in [-0.05, 0) is 12.8 Å². The summed E-state index contributed by atoms with van der Waals surface area (Å²) < 4.78 is 4.80. The largest absolute Gasteiger partial charge is 0.368 e. The highest BCUT2D eigenvalue weighted by Gasteiger charge is 2.05. The summed E-state index contributed by atoms with van der Waals surface area (Å²) in [6, 6.07) is 0. The molecule has 1 rings (SSSR count). The zero-order valence-corrected chi connectivity index (χ0v) is 7.79. The van der Waals surface area contributed by atoms with Crippen LogP contribution in [0.4, 0.5) is 5.69 Å². The highest BCUT2D eigenvalue weighted by molar-refractivity contribution is 5.40. The van der Waals surface area contributed by atoms with E-state index in [1.165, 1.54) is 0 Å². The molecular formula is C9H16N2O. The molecule has 3 nitrogen and oxygen atoms in total. The van der Waals surface area contributed by atoms with E-state index in [1.807, 2.05) is 0 Å². The third-order valence-electron chi connectivity index (χ3n) is 1.77. The summed E-state index contributed by atoms with van der Waals surface area (Å²) in [7, 11) is 0. The molecule has 0 fully saturated rings. The average molecular weight is 168 g/mol. The molecule has 0 aliphatic carbocycles. The molecule has 0 amide bonds. The van der Waals surface area contributed by atoms with E-state index in [0.717, 1.165) is 31.6 Å². The lowest BCUT2D eigenvalue weighted by molar-refractivity contribution is 0.419. The molecule has 0 aromatic carbocycles. The summed E-state index contributed by atoms with van der Waals surface area (Å²) in [6.07, 6.45) is 5.78. The predicted molar refractivity (Wildman–Crippen MR) is 49.3 cm³/mol. The molecule has 0 saturated carbocycles. The van der Waals surface area contributed by atoms with Gasteiger partial charge >= 0.3 is 0 Å². The molecule has 12 heavy (non-hydrogen) atoms. The van der Waals surface area contributed by atoms with Gasteiger partial charge in [-0.25, -0.2) is 0 Å². The zero-order chi connectivity index (χ0) is 8.81. The van der Waals surface area contributed by atoms with Crippen molar-refractivity contribution in [3.8, 4) is 0 Å². The van der Waals surface area contributed by atoms with Crippen molar-refractivity contribution in [2.24, 2.45) is 0 Å². The molecular weight excluding hydrogens is 152 g/mol. The van der Waals surface area contributed by atoms with E-state index < -0.39 is 0 Å². The first-order chi connectivity index (χ1) is 5.88. The second-order valence-corrected chi connectivity index (χ2v) is 2.87. The van der Waals surface area contributed by atoms with E-state index in [9.17, 15) is 0 Å². The molecule has 0 spiro atoms. The average Bonchev–Trinajstić information content (AvgIpc) is 2.56. The Morgan fingerprint density at radius 3 is 2.42 bits per heavy atom. The molecule has 0 atom stereocenters. The van der Waals surface area contributed by atoms with Gasteiger partial charge in [-0.15, -0.1) is 0 Å². The third-order valence-corrected chi connectivity index (χ3v) is 1.77. The van der Waals surface area contributed by atoms with Gasteiger partial charge in [-0.1, -0.05) is 19.0 Å². The number of nitrogens with zero attached hydrogens (tertiary/aromatic N) is 2. The fourth-order valence-electron chi connectivity index (χ4n) is 1.27. The fraction of sp³-hybridized carbons (Fsp3) is 0.667. The van der Waals surface area contributed by atoms with Crippen molar-refractivity contribution in [2.75, 3.05) is 18.0 Å². The third kappa shape index (κ3) is 2.26. The highest BCUT2D eigenvalue weighted by atomic mass is 16.5. The van der Waals surface area contributed by atoms with E-state index in [-0.39, 0.29) is 0 Å². The number of anilines is 1. The lowest BCUT2D eigenvalue weighted by atomic mass is 10.3. The van der Waals surface area contributed by atoms with Gasteiger partial charge in [0.05, 0.1) is 11.9 Å². The highest BCUT2D eigenvalue weighted by Crippen LogP contribution is 2.12. The Kier molecular flexibility index (Phi) is 3.64. The Bertz CT molecular complexity index is 190. The van der Waals surface area contributed by atoms with Crippen LogP contribution in [0.1, 0.15) is 26.7 Å². The molecule has 1 heterocycles. The van der Waals surface area contributed by atoms with Crippen molar-refractivity contribution in [3.63, 3.8) is 0 Å². The van der Waals surface area contributed by atoms with Gasteiger partial charge in [0.2, 0.25) is 0 Å². The van der Waals surface area contributed by atoms with Crippen LogP contribution >= 0.6 is 0 Å². The lowest BCUT2D eigenvalue weighted by Gasteiger charge is -2.20. The van der Waals surface area contributed by atoms with Crippen molar-refractivity contribution < 1.29 is 4.52 Å². The van der Waals surface area contributed by atoms with Crippen LogP contribution in [-0.2, 0) is 0 Å². The Labute approximate surface area is 73.3 Å². The van der Waals surface area contributed by atoms with Gasteiger partial charge in [-0.2, -0.15) is 0 Å². The molecule has 68 valence electrons. The number of hydrogen-bond acceptors (Lipinski definition) is 3. The van der Waals surface area contributed by atoms with Gasteiger partial charge in [0.15, 0.2) is 0 Å². The van der Waals surface area contributed by atoms with Gasteiger partial charge in [0.1, 0.15) is 6.26 Å². The number of rotatable bonds is 5. The van der Waals surface area contributed by atoms with E-state index in [4.69, 9.17) is 4.52 Å². The molecule has 0 bridgehead atoms. The molecule has 0 aliphatic heterocycles. The van der Waals surface area contributed by atoms with Crippen molar-refractivity contribution in [3.05, 3.63) is 12.5 Å². The van der Waals surface area contributed by atoms with E-state index in [2.05, 4.69) is 23.9 Å². The maximum atomic E-state index is 4.80. The van der Waals surface area contributed by atoms with Crippen LogP contribution in [0.2, 0.25) is 0 Å². The Morgan fingerprint density at radius 1 is 1.33 bits per heavy atom. The van der Waals surface area contributed by atoms with Gasteiger partial charge < -0.3 is 9.42 Å². The Balaban J connectivity index is 2.53. The molecule has 0 radical (unpaired) electrons. The summed E-state index contributed by atoms with van der Waals surface area (Å²) in [5.41, 5.74) is 1.10.